The third-order valence-corrected chi connectivity index (χ3v) is 3.67. The van der Waals surface area contributed by atoms with Crippen LogP contribution >= 0.6 is 34.5 Å². The number of carboxylic acids is 1. The van der Waals surface area contributed by atoms with E-state index in [9.17, 15) is 4.79 Å². The van der Waals surface area contributed by atoms with Crippen molar-refractivity contribution in [2.45, 2.75) is 19.3 Å². The summed E-state index contributed by atoms with van der Waals surface area (Å²) in [5.74, 6) is -0.235. The lowest BCUT2D eigenvalue weighted by Crippen LogP contribution is -1.95. The molecule has 0 aliphatic rings. The van der Waals surface area contributed by atoms with E-state index in [2.05, 4.69) is 4.98 Å². The third-order valence-electron chi connectivity index (χ3n) is 2.27. The van der Waals surface area contributed by atoms with Gasteiger partial charge >= 0.3 is 5.97 Å². The third kappa shape index (κ3) is 3.25. The van der Waals surface area contributed by atoms with Crippen molar-refractivity contribution >= 4 is 40.5 Å². The minimum atomic E-state index is -0.832. The van der Waals surface area contributed by atoms with Crippen LogP contribution in [0, 0.1) is 0 Å². The van der Waals surface area contributed by atoms with Gasteiger partial charge in [-0.25, -0.2) is 0 Å². The number of hydrogen-bond donors (Lipinski definition) is 1. The van der Waals surface area contributed by atoms with Crippen LogP contribution in [0.15, 0.2) is 16.5 Å². The van der Waals surface area contributed by atoms with E-state index >= 15 is 0 Å². The Morgan fingerprint density at radius 2 is 2.22 bits per heavy atom. The molecule has 2 aromatic heterocycles. The highest BCUT2D eigenvalue weighted by Gasteiger charge is 2.16. The number of aryl methyl sites for hydroxylation is 1. The second-order valence-corrected chi connectivity index (χ2v) is 5.63. The lowest BCUT2D eigenvalue weighted by atomic mass is 10.1. The zero-order valence-electron chi connectivity index (χ0n) is 9.15. The van der Waals surface area contributed by atoms with Crippen molar-refractivity contribution < 1.29 is 14.3 Å². The molecular weight excluding hydrogens is 297 g/mol. The minimum absolute atomic E-state index is 0.0554. The molecule has 0 bridgehead atoms. The molecule has 7 heteroatoms. The van der Waals surface area contributed by atoms with Gasteiger partial charge in [0.2, 0.25) is 0 Å². The first-order chi connectivity index (χ1) is 8.56. The van der Waals surface area contributed by atoms with Crippen LogP contribution in [0.25, 0.3) is 10.6 Å². The van der Waals surface area contributed by atoms with E-state index in [1.54, 1.807) is 6.07 Å². The summed E-state index contributed by atoms with van der Waals surface area (Å²) in [5.41, 5.74) is 0.641. The summed E-state index contributed by atoms with van der Waals surface area (Å²) in [6, 6.07) is 3.60. The van der Waals surface area contributed by atoms with E-state index in [-0.39, 0.29) is 11.8 Å². The number of aliphatic carboxylic acids is 1. The standard InChI is InChI=1S/C11H9Cl2NO3S/c12-8-5-4-7(18-8)10-6(17-11(13)14-10)2-1-3-9(15)16/h4-5H,1-3H2,(H,15,16). The van der Waals surface area contributed by atoms with Crippen LogP contribution in [0.2, 0.25) is 9.69 Å². The molecule has 0 radical (unpaired) electrons. The molecule has 0 saturated carbocycles. The average Bonchev–Trinajstić information content (AvgIpc) is 2.84. The molecule has 1 N–H and O–H groups in total. The topological polar surface area (TPSA) is 63.3 Å². The Kier molecular flexibility index (Phi) is 4.27. The maximum Gasteiger partial charge on any atom is 0.303 e. The molecule has 0 aromatic carbocycles. The molecule has 18 heavy (non-hydrogen) atoms. The fourth-order valence-electron chi connectivity index (χ4n) is 1.53. The summed E-state index contributed by atoms with van der Waals surface area (Å²) >= 11 is 13.0. The summed E-state index contributed by atoms with van der Waals surface area (Å²) in [5, 5.41) is 8.65. The molecule has 2 heterocycles. The molecule has 0 saturated heterocycles. The second kappa shape index (κ2) is 5.73. The predicted molar refractivity (Wildman–Crippen MR) is 70.4 cm³/mol. The van der Waals surface area contributed by atoms with E-state index < -0.39 is 5.97 Å². The first kappa shape index (κ1) is 13.4. The minimum Gasteiger partial charge on any atom is -0.481 e. The van der Waals surface area contributed by atoms with Crippen LogP contribution in [0.1, 0.15) is 18.6 Å². The quantitative estimate of drug-likeness (QED) is 0.902. The van der Waals surface area contributed by atoms with Crippen LogP contribution in [0.3, 0.4) is 0 Å². The first-order valence-electron chi connectivity index (χ1n) is 5.19. The monoisotopic (exact) mass is 305 g/mol. The van der Waals surface area contributed by atoms with Gasteiger partial charge in [0.05, 0.1) is 9.21 Å². The van der Waals surface area contributed by atoms with Crippen LogP contribution in [0.4, 0.5) is 0 Å². The van der Waals surface area contributed by atoms with Gasteiger partial charge in [-0.2, -0.15) is 4.98 Å². The largest absolute Gasteiger partial charge is 0.481 e. The molecule has 0 unspecified atom stereocenters. The van der Waals surface area contributed by atoms with Crippen molar-refractivity contribution in [3.8, 4) is 10.6 Å². The van der Waals surface area contributed by atoms with Crippen molar-refractivity contribution in [2.75, 3.05) is 0 Å². The van der Waals surface area contributed by atoms with E-state index in [4.69, 9.17) is 32.7 Å². The summed E-state index contributed by atoms with van der Waals surface area (Å²) in [4.78, 5) is 15.4. The predicted octanol–water partition coefficient (Wildman–Crippen LogP) is 4.12. The van der Waals surface area contributed by atoms with Gasteiger partial charge < -0.3 is 9.52 Å². The fraction of sp³-hybridized carbons (Fsp3) is 0.273. The lowest BCUT2D eigenvalue weighted by Gasteiger charge is -1.97. The zero-order chi connectivity index (χ0) is 13.1. The zero-order valence-corrected chi connectivity index (χ0v) is 11.5. The SMILES string of the molecule is O=C(O)CCCc1oc(Cl)nc1-c1ccc(Cl)s1. The Hall–Kier alpha value is -1.04. The Morgan fingerprint density at radius 1 is 1.44 bits per heavy atom. The molecule has 0 amide bonds. The second-order valence-electron chi connectivity index (χ2n) is 3.59. The highest BCUT2D eigenvalue weighted by atomic mass is 35.5. The number of halogens is 2. The maximum absolute atomic E-state index is 10.5. The van der Waals surface area contributed by atoms with E-state index in [1.807, 2.05) is 6.07 Å². The van der Waals surface area contributed by atoms with Crippen LogP contribution in [0.5, 0.6) is 0 Å². The van der Waals surface area contributed by atoms with Crippen molar-refractivity contribution in [1.82, 2.24) is 4.98 Å². The van der Waals surface area contributed by atoms with Crippen LogP contribution in [-0.4, -0.2) is 16.1 Å². The van der Waals surface area contributed by atoms with E-state index in [0.717, 1.165) is 4.88 Å². The number of hydrogen-bond acceptors (Lipinski definition) is 4. The Balaban J connectivity index is 2.17. The van der Waals surface area contributed by atoms with Gasteiger partial charge in [-0.3, -0.25) is 4.79 Å². The molecule has 2 aromatic rings. The van der Waals surface area contributed by atoms with Crippen molar-refractivity contribution in [2.24, 2.45) is 0 Å². The number of carboxylic acid groups (broad SMARTS) is 1. The Labute approximate surface area is 117 Å². The first-order valence-corrected chi connectivity index (χ1v) is 6.76. The van der Waals surface area contributed by atoms with Gasteiger partial charge in [-0.1, -0.05) is 11.6 Å². The molecular formula is C11H9Cl2NO3S. The van der Waals surface area contributed by atoms with E-state index in [1.165, 1.54) is 11.3 Å². The van der Waals surface area contributed by atoms with Crippen molar-refractivity contribution in [3.63, 3.8) is 0 Å². The summed E-state index contributed by atoms with van der Waals surface area (Å²) < 4.78 is 5.94. The van der Waals surface area contributed by atoms with E-state index in [0.29, 0.717) is 28.6 Å². The molecule has 4 nitrogen and oxygen atoms in total. The Morgan fingerprint density at radius 3 is 2.83 bits per heavy atom. The number of aromatic nitrogens is 1. The highest BCUT2D eigenvalue weighted by molar-refractivity contribution is 7.19. The highest BCUT2D eigenvalue weighted by Crippen LogP contribution is 2.34. The molecule has 2 rings (SSSR count). The number of rotatable bonds is 5. The van der Waals surface area contributed by atoms with Gasteiger partial charge in [-0.15, -0.1) is 11.3 Å². The fourth-order valence-corrected chi connectivity index (χ4v) is 2.76. The van der Waals surface area contributed by atoms with Crippen molar-refractivity contribution in [1.29, 1.82) is 0 Å². The van der Waals surface area contributed by atoms with Gasteiger partial charge in [0.15, 0.2) is 0 Å². The van der Waals surface area contributed by atoms with Crippen LogP contribution in [-0.2, 0) is 11.2 Å². The maximum atomic E-state index is 10.5. The number of carbonyl (C=O) groups is 1. The Bertz CT molecular complexity index is 564. The van der Waals surface area contributed by atoms with Crippen molar-refractivity contribution in [3.05, 3.63) is 27.6 Å². The number of nitrogens with zero attached hydrogens (tertiary/aromatic N) is 1. The number of thiophene rings is 1. The average molecular weight is 306 g/mol. The van der Waals surface area contributed by atoms with Gasteiger partial charge in [0.25, 0.3) is 5.35 Å². The summed E-state index contributed by atoms with van der Waals surface area (Å²) in [6.07, 6.45) is 1.05. The smallest absolute Gasteiger partial charge is 0.303 e. The van der Waals surface area contributed by atoms with Gasteiger partial charge in [0, 0.05) is 12.8 Å². The summed E-state index contributed by atoms with van der Waals surface area (Å²) in [6.45, 7) is 0. The van der Waals surface area contributed by atoms with Crippen LogP contribution < -0.4 is 0 Å². The van der Waals surface area contributed by atoms with Gasteiger partial charge in [-0.05, 0) is 30.2 Å². The normalized spacial score (nSPS) is 10.8. The van der Waals surface area contributed by atoms with Gasteiger partial charge in [0.1, 0.15) is 11.5 Å². The molecule has 0 aliphatic carbocycles. The molecule has 0 aliphatic heterocycles. The molecule has 0 spiro atoms. The molecule has 96 valence electrons. The molecule has 0 fully saturated rings. The summed E-state index contributed by atoms with van der Waals surface area (Å²) in [7, 11) is 0. The number of oxazole rings is 1. The molecule has 0 atom stereocenters. The lowest BCUT2D eigenvalue weighted by molar-refractivity contribution is -0.137.